The molecule has 0 aliphatic rings. The molecule has 6 nitrogen and oxygen atoms in total. The van der Waals surface area contributed by atoms with Gasteiger partial charge in [0.05, 0.1) is 12.8 Å². The van der Waals surface area contributed by atoms with Crippen molar-refractivity contribution in [3.63, 3.8) is 0 Å². The molecule has 0 amide bonds. The van der Waals surface area contributed by atoms with Crippen molar-refractivity contribution < 1.29 is 23.1 Å². The van der Waals surface area contributed by atoms with Gasteiger partial charge in [-0.15, -0.1) is 0 Å². The summed E-state index contributed by atoms with van der Waals surface area (Å²) >= 11 is 0. The van der Waals surface area contributed by atoms with Crippen LogP contribution in [0, 0.1) is 13.8 Å². The molecule has 0 saturated heterocycles. The van der Waals surface area contributed by atoms with E-state index in [2.05, 4.69) is 4.72 Å². The van der Waals surface area contributed by atoms with Crippen LogP contribution < -0.4 is 9.46 Å². The number of rotatable bonds is 5. The average Bonchev–Trinajstić information content (AvgIpc) is 2.21. The Morgan fingerprint density at radius 2 is 2.00 bits per heavy atom. The summed E-state index contributed by atoms with van der Waals surface area (Å²) in [6.45, 7) is 3.53. The third kappa shape index (κ3) is 3.36. The van der Waals surface area contributed by atoms with Gasteiger partial charge in [0.2, 0.25) is 10.0 Å². The molecular weight excluding hydrogens is 258 g/mol. The molecule has 100 valence electrons. The number of hydrogen-bond acceptors (Lipinski definition) is 4. The lowest BCUT2D eigenvalue weighted by molar-refractivity contribution is -0.134. The molecule has 2 N–H and O–H groups in total. The van der Waals surface area contributed by atoms with Gasteiger partial charge in [-0.25, -0.2) is 8.42 Å². The van der Waals surface area contributed by atoms with Crippen LogP contribution in [0.25, 0.3) is 0 Å². The predicted octanol–water partition coefficient (Wildman–Crippen LogP) is 1.14. The summed E-state index contributed by atoms with van der Waals surface area (Å²) in [6, 6.07) is 3.27. The van der Waals surface area contributed by atoms with Crippen LogP contribution in [0.15, 0.2) is 12.1 Å². The van der Waals surface area contributed by atoms with Crippen molar-refractivity contribution in [2.24, 2.45) is 0 Å². The second-order valence-electron chi connectivity index (χ2n) is 3.84. The molecule has 0 spiro atoms. The molecule has 0 unspecified atom stereocenters. The van der Waals surface area contributed by atoms with E-state index >= 15 is 0 Å². The zero-order valence-electron chi connectivity index (χ0n) is 10.4. The van der Waals surface area contributed by atoms with Gasteiger partial charge in [-0.05, 0) is 25.5 Å². The van der Waals surface area contributed by atoms with E-state index in [1.807, 2.05) is 6.92 Å². The van der Waals surface area contributed by atoms with Crippen molar-refractivity contribution >= 4 is 21.7 Å². The number of nitrogens with one attached hydrogen (secondary N) is 1. The van der Waals surface area contributed by atoms with Gasteiger partial charge in [-0.1, -0.05) is 6.07 Å². The number of anilines is 1. The Balaban J connectivity index is 3.10. The normalized spacial score (nSPS) is 11.1. The summed E-state index contributed by atoms with van der Waals surface area (Å²) in [6.07, 6.45) is 0. The molecule has 1 aromatic carbocycles. The Morgan fingerprint density at radius 1 is 1.39 bits per heavy atom. The number of hydrogen-bond donors (Lipinski definition) is 2. The van der Waals surface area contributed by atoms with Crippen molar-refractivity contribution in [2.45, 2.75) is 13.8 Å². The van der Waals surface area contributed by atoms with Crippen LogP contribution in [0.3, 0.4) is 0 Å². The smallest absolute Gasteiger partial charge is 0.320 e. The lowest BCUT2D eigenvalue weighted by Gasteiger charge is -2.14. The second-order valence-corrected chi connectivity index (χ2v) is 5.57. The lowest BCUT2D eigenvalue weighted by Crippen LogP contribution is -2.22. The first-order chi connectivity index (χ1) is 8.26. The van der Waals surface area contributed by atoms with Crippen molar-refractivity contribution in [3.05, 3.63) is 23.3 Å². The second kappa shape index (κ2) is 5.26. The van der Waals surface area contributed by atoms with Crippen LogP contribution >= 0.6 is 0 Å². The molecule has 0 atom stereocenters. The number of aryl methyl sites for hydroxylation is 1. The maximum atomic E-state index is 11.5. The molecule has 0 aliphatic heterocycles. The highest BCUT2D eigenvalue weighted by Gasteiger charge is 2.18. The highest BCUT2D eigenvalue weighted by molar-refractivity contribution is 7.93. The van der Waals surface area contributed by atoms with Crippen molar-refractivity contribution in [1.29, 1.82) is 0 Å². The zero-order chi connectivity index (χ0) is 13.9. The third-order valence-electron chi connectivity index (χ3n) is 2.39. The molecule has 0 aromatic heterocycles. The summed E-state index contributed by atoms with van der Waals surface area (Å²) in [7, 11) is -2.41. The first-order valence-electron chi connectivity index (χ1n) is 5.13. The number of benzene rings is 1. The highest BCUT2D eigenvalue weighted by Crippen LogP contribution is 2.29. The Morgan fingerprint density at radius 3 is 2.50 bits per heavy atom. The van der Waals surface area contributed by atoms with Crippen LogP contribution in [0.4, 0.5) is 5.69 Å². The summed E-state index contributed by atoms with van der Waals surface area (Å²) < 4.78 is 30.4. The number of aliphatic carboxylic acids is 1. The molecule has 7 heteroatoms. The van der Waals surface area contributed by atoms with Crippen LogP contribution in [0.5, 0.6) is 5.75 Å². The third-order valence-corrected chi connectivity index (χ3v) is 3.54. The quantitative estimate of drug-likeness (QED) is 0.839. The minimum Gasteiger partial charge on any atom is -0.496 e. The maximum absolute atomic E-state index is 11.5. The number of sulfonamides is 1. The molecule has 18 heavy (non-hydrogen) atoms. The number of ether oxygens (including phenoxy) is 1. The summed E-state index contributed by atoms with van der Waals surface area (Å²) in [5, 5.41) is 8.50. The van der Waals surface area contributed by atoms with E-state index in [1.165, 1.54) is 7.11 Å². The summed E-state index contributed by atoms with van der Waals surface area (Å²) in [4.78, 5) is 10.4. The summed E-state index contributed by atoms with van der Waals surface area (Å²) in [5.74, 6) is -1.80. The van der Waals surface area contributed by atoms with E-state index in [9.17, 15) is 13.2 Å². The predicted molar refractivity (Wildman–Crippen MR) is 67.5 cm³/mol. The fourth-order valence-electron chi connectivity index (χ4n) is 1.62. The van der Waals surface area contributed by atoms with Gasteiger partial charge in [-0.3, -0.25) is 9.52 Å². The topological polar surface area (TPSA) is 92.7 Å². The van der Waals surface area contributed by atoms with Crippen LogP contribution in [-0.4, -0.2) is 32.4 Å². The van der Waals surface area contributed by atoms with Gasteiger partial charge in [0.1, 0.15) is 5.75 Å². The Bertz CT molecular complexity index is 565. The largest absolute Gasteiger partial charge is 0.496 e. The highest BCUT2D eigenvalue weighted by atomic mass is 32.2. The molecule has 0 bridgehead atoms. The van der Waals surface area contributed by atoms with Gasteiger partial charge < -0.3 is 9.84 Å². The average molecular weight is 273 g/mol. The van der Waals surface area contributed by atoms with Gasteiger partial charge in [0, 0.05) is 5.56 Å². The van der Waals surface area contributed by atoms with E-state index in [0.717, 1.165) is 5.56 Å². The maximum Gasteiger partial charge on any atom is 0.320 e. The molecule has 0 heterocycles. The van der Waals surface area contributed by atoms with E-state index in [-0.39, 0.29) is 0 Å². The number of carbonyl (C=O) groups is 1. The minimum absolute atomic E-state index is 0.318. The zero-order valence-corrected chi connectivity index (χ0v) is 11.2. The standard InChI is InChI=1S/C11H15NO5S/c1-7-4-5-9(8(2)11(7)17-3)12-18(15,16)6-10(13)14/h4-5,12H,6H2,1-3H3,(H,13,14). The van der Waals surface area contributed by atoms with Crippen LogP contribution in [0.2, 0.25) is 0 Å². The van der Waals surface area contributed by atoms with E-state index < -0.39 is 21.7 Å². The molecule has 1 aromatic rings. The van der Waals surface area contributed by atoms with E-state index in [1.54, 1.807) is 19.1 Å². The van der Waals surface area contributed by atoms with Crippen LogP contribution in [-0.2, 0) is 14.8 Å². The van der Waals surface area contributed by atoms with Crippen molar-refractivity contribution in [3.8, 4) is 5.75 Å². The van der Waals surface area contributed by atoms with Gasteiger partial charge in [0.15, 0.2) is 5.75 Å². The lowest BCUT2D eigenvalue weighted by atomic mass is 10.1. The first-order valence-corrected chi connectivity index (χ1v) is 6.78. The molecular formula is C11H15NO5S. The SMILES string of the molecule is COc1c(C)ccc(NS(=O)(=O)CC(=O)O)c1C. The molecule has 0 fully saturated rings. The number of carboxylic acids is 1. The first kappa shape index (κ1) is 14.3. The molecule has 0 saturated carbocycles. The summed E-state index contributed by atoms with van der Waals surface area (Å²) in [5.41, 5.74) is 1.81. The number of carboxylic acid groups (broad SMARTS) is 1. The number of methoxy groups -OCH3 is 1. The van der Waals surface area contributed by atoms with Gasteiger partial charge in [0.25, 0.3) is 0 Å². The van der Waals surface area contributed by atoms with Gasteiger partial charge >= 0.3 is 5.97 Å². The minimum atomic E-state index is -3.90. The van der Waals surface area contributed by atoms with Crippen molar-refractivity contribution in [2.75, 3.05) is 17.6 Å². The Labute approximate surface area is 106 Å². The Kier molecular flexibility index (Phi) is 4.18. The molecule has 0 radical (unpaired) electrons. The van der Waals surface area contributed by atoms with E-state index in [4.69, 9.17) is 9.84 Å². The monoisotopic (exact) mass is 273 g/mol. The van der Waals surface area contributed by atoms with Gasteiger partial charge in [-0.2, -0.15) is 0 Å². The molecule has 1 rings (SSSR count). The van der Waals surface area contributed by atoms with E-state index in [0.29, 0.717) is 17.0 Å². The fraction of sp³-hybridized carbons (Fsp3) is 0.364. The van der Waals surface area contributed by atoms with Crippen LogP contribution in [0.1, 0.15) is 11.1 Å². The van der Waals surface area contributed by atoms with Crippen molar-refractivity contribution in [1.82, 2.24) is 0 Å². The Hall–Kier alpha value is -1.76. The fourth-order valence-corrected chi connectivity index (χ4v) is 2.57. The molecule has 0 aliphatic carbocycles.